The summed E-state index contributed by atoms with van der Waals surface area (Å²) < 4.78 is 0. The topological polar surface area (TPSA) is 28.2 Å². The average Bonchev–Trinajstić information content (AvgIpc) is 2.56. The molecule has 0 aliphatic carbocycles. The van der Waals surface area contributed by atoms with E-state index in [1.807, 2.05) is 20.0 Å². The lowest BCUT2D eigenvalue weighted by atomic mass is 9.91. The molecule has 1 N–H and O–H groups in total. The van der Waals surface area contributed by atoms with Gasteiger partial charge in [-0.2, -0.15) is 0 Å². The quantitative estimate of drug-likeness (QED) is 0.835. The van der Waals surface area contributed by atoms with Gasteiger partial charge >= 0.3 is 0 Å². The Balaban J connectivity index is 0.000000924. The van der Waals surface area contributed by atoms with Crippen LogP contribution in [0.5, 0.6) is 0 Å². The fraction of sp³-hybridized carbons (Fsp3) is 0.450. The van der Waals surface area contributed by atoms with Gasteiger partial charge in [0.15, 0.2) is 0 Å². The van der Waals surface area contributed by atoms with Crippen LogP contribution in [0.15, 0.2) is 36.5 Å². The summed E-state index contributed by atoms with van der Waals surface area (Å²) in [5.74, 6) is 0. The van der Waals surface area contributed by atoms with Gasteiger partial charge in [-0.15, -0.1) is 0 Å². The van der Waals surface area contributed by atoms with Crippen LogP contribution in [0.1, 0.15) is 56.1 Å². The lowest BCUT2D eigenvalue weighted by Crippen LogP contribution is -2.57. The largest absolute Gasteiger partial charge is 0.357 e. The van der Waals surface area contributed by atoms with Crippen molar-refractivity contribution in [1.29, 1.82) is 0 Å². The lowest BCUT2D eigenvalue weighted by Gasteiger charge is -2.47. The first-order chi connectivity index (χ1) is 10.9. The van der Waals surface area contributed by atoms with Gasteiger partial charge in [0.2, 0.25) is 0 Å². The number of hydrogen-bond donors (Lipinski definition) is 1. The molecule has 1 aromatic heterocycles. The molecule has 0 saturated carbocycles. The van der Waals surface area contributed by atoms with Crippen LogP contribution in [-0.2, 0) is 0 Å². The number of fused-ring (bicyclic) bond motifs is 1. The third kappa shape index (κ3) is 3.25. The molecular weight excluding hydrogens is 282 g/mol. The zero-order valence-corrected chi connectivity index (χ0v) is 15.4. The smallest absolute Gasteiger partial charge is 0.0855 e. The molecule has 124 valence electrons. The SMILES string of the molecule is CC.Cc1cc(C2NC(C)(C)N(C)c3ccccc32)cnc1C. The van der Waals surface area contributed by atoms with Crippen molar-refractivity contribution in [2.75, 3.05) is 11.9 Å². The van der Waals surface area contributed by atoms with Crippen molar-refractivity contribution in [3.63, 3.8) is 0 Å². The van der Waals surface area contributed by atoms with Crippen LogP contribution in [0.2, 0.25) is 0 Å². The van der Waals surface area contributed by atoms with E-state index in [1.165, 1.54) is 22.4 Å². The number of hydrogen-bond acceptors (Lipinski definition) is 3. The molecule has 2 aromatic rings. The van der Waals surface area contributed by atoms with Crippen LogP contribution in [0, 0.1) is 13.8 Å². The molecule has 1 aromatic carbocycles. The number of rotatable bonds is 1. The Morgan fingerprint density at radius 3 is 2.43 bits per heavy atom. The molecule has 0 radical (unpaired) electrons. The Bertz CT molecular complexity index is 676. The third-order valence-corrected chi connectivity index (χ3v) is 4.64. The fourth-order valence-corrected chi connectivity index (χ4v) is 2.95. The first kappa shape index (κ1) is 17.5. The average molecular weight is 311 g/mol. The molecule has 3 heteroatoms. The molecule has 3 rings (SSSR count). The molecule has 1 aliphatic heterocycles. The maximum absolute atomic E-state index is 4.54. The van der Waals surface area contributed by atoms with Gasteiger partial charge < -0.3 is 4.90 Å². The van der Waals surface area contributed by atoms with Gasteiger partial charge in [0, 0.05) is 24.6 Å². The first-order valence-corrected chi connectivity index (χ1v) is 8.44. The maximum atomic E-state index is 4.54. The highest BCUT2D eigenvalue weighted by atomic mass is 15.3. The van der Waals surface area contributed by atoms with E-state index in [1.54, 1.807) is 0 Å². The first-order valence-electron chi connectivity index (χ1n) is 8.44. The molecular formula is C20H29N3. The molecule has 0 fully saturated rings. The number of nitrogens with one attached hydrogen (secondary N) is 1. The highest BCUT2D eigenvalue weighted by molar-refractivity contribution is 5.60. The summed E-state index contributed by atoms with van der Waals surface area (Å²) in [4.78, 5) is 6.84. The molecule has 0 amide bonds. The monoisotopic (exact) mass is 311 g/mol. The van der Waals surface area contributed by atoms with Crippen molar-refractivity contribution in [1.82, 2.24) is 10.3 Å². The van der Waals surface area contributed by atoms with Crippen molar-refractivity contribution in [2.45, 2.75) is 53.2 Å². The van der Waals surface area contributed by atoms with E-state index >= 15 is 0 Å². The molecule has 0 spiro atoms. The molecule has 23 heavy (non-hydrogen) atoms. The Morgan fingerprint density at radius 1 is 1.13 bits per heavy atom. The predicted molar refractivity (Wildman–Crippen MR) is 99.0 cm³/mol. The second-order valence-corrected chi connectivity index (χ2v) is 6.43. The van der Waals surface area contributed by atoms with Gasteiger partial charge in [0.1, 0.15) is 0 Å². The van der Waals surface area contributed by atoms with Crippen LogP contribution >= 0.6 is 0 Å². The van der Waals surface area contributed by atoms with Crippen LogP contribution in [0.4, 0.5) is 5.69 Å². The molecule has 1 aliphatic rings. The second-order valence-electron chi connectivity index (χ2n) is 6.43. The summed E-state index contributed by atoms with van der Waals surface area (Å²) in [5, 5.41) is 3.75. The summed E-state index contributed by atoms with van der Waals surface area (Å²) >= 11 is 0. The van der Waals surface area contributed by atoms with Crippen molar-refractivity contribution in [3.8, 4) is 0 Å². The maximum Gasteiger partial charge on any atom is 0.0855 e. The summed E-state index contributed by atoms with van der Waals surface area (Å²) in [7, 11) is 2.14. The normalized spacial score (nSPS) is 18.7. The Hall–Kier alpha value is -1.87. The van der Waals surface area contributed by atoms with E-state index in [0.717, 1.165) is 5.69 Å². The number of nitrogens with zero attached hydrogens (tertiary/aromatic N) is 2. The minimum atomic E-state index is -0.0994. The van der Waals surface area contributed by atoms with Gasteiger partial charge in [0.25, 0.3) is 0 Å². The molecule has 0 bridgehead atoms. The minimum Gasteiger partial charge on any atom is -0.357 e. The Morgan fingerprint density at radius 2 is 1.78 bits per heavy atom. The van der Waals surface area contributed by atoms with Crippen molar-refractivity contribution < 1.29 is 0 Å². The van der Waals surface area contributed by atoms with Crippen molar-refractivity contribution >= 4 is 5.69 Å². The van der Waals surface area contributed by atoms with Crippen LogP contribution in [0.3, 0.4) is 0 Å². The number of benzene rings is 1. The standard InChI is InChI=1S/C18H23N3.C2H6/c1-12-10-14(11-19-13(12)2)17-15-8-6-7-9-16(15)21(5)18(3,4)20-17;1-2/h6-11,17,20H,1-5H3;1-2H3. The zero-order valence-electron chi connectivity index (χ0n) is 15.4. The number of aryl methyl sites for hydroxylation is 2. The number of aromatic nitrogens is 1. The highest BCUT2D eigenvalue weighted by Crippen LogP contribution is 2.38. The van der Waals surface area contributed by atoms with E-state index in [0.29, 0.717) is 0 Å². The number of para-hydroxylation sites is 1. The van der Waals surface area contributed by atoms with Gasteiger partial charge in [-0.1, -0.05) is 38.1 Å². The van der Waals surface area contributed by atoms with E-state index < -0.39 is 0 Å². The summed E-state index contributed by atoms with van der Waals surface area (Å²) in [5.41, 5.74) is 6.06. The minimum absolute atomic E-state index is 0.0994. The van der Waals surface area contributed by atoms with Gasteiger partial charge in [-0.25, -0.2) is 0 Å². The molecule has 1 atom stereocenters. The van der Waals surface area contributed by atoms with Crippen LogP contribution in [-0.4, -0.2) is 17.7 Å². The molecule has 3 nitrogen and oxygen atoms in total. The number of pyridine rings is 1. The molecule has 2 heterocycles. The van der Waals surface area contributed by atoms with E-state index in [4.69, 9.17) is 0 Å². The Kier molecular flexibility index (Phi) is 5.10. The highest BCUT2D eigenvalue weighted by Gasteiger charge is 2.35. The molecule has 1 unspecified atom stereocenters. The second kappa shape index (κ2) is 6.71. The van der Waals surface area contributed by atoms with Gasteiger partial charge in [-0.3, -0.25) is 10.3 Å². The zero-order chi connectivity index (χ0) is 17.2. The van der Waals surface area contributed by atoms with Crippen LogP contribution in [0.25, 0.3) is 0 Å². The van der Waals surface area contributed by atoms with E-state index in [9.17, 15) is 0 Å². The van der Waals surface area contributed by atoms with Crippen molar-refractivity contribution in [3.05, 3.63) is 58.9 Å². The van der Waals surface area contributed by atoms with Gasteiger partial charge in [0.05, 0.1) is 11.7 Å². The predicted octanol–water partition coefficient (Wildman–Crippen LogP) is 4.59. The Labute approximate surface area is 140 Å². The summed E-state index contributed by atoms with van der Waals surface area (Å²) in [6.07, 6.45) is 2.00. The lowest BCUT2D eigenvalue weighted by molar-refractivity contribution is 0.335. The summed E-state index contributed by atoms with van der Waals surface area (Å²) in [6, 6.07) is 11.0. The van der Waals surface area contributed by atoms with Crippen molar-refractivity contribution in [2.24, 2.45) is 0 Å². The van der Waals surface area contributed by atoms with E-state index in [-0.39, 0.29) is 11.7 Å². The third-order valence-electron chi connectivity index (χ3n) is 4.64. The number of anilines is 1. The summed E-state index contributed by atoms with van der Waals surface area (Å²) in [6.45, 7) is 12.6. The fourth-order valence-electron chi connectivity index (χ4n) is 2.95. The van der Waals surface area contributed by atoms with E-state index in [2.05, 4.69) is 80.3 Å². The van der Waals surface area contributed by atoms with Gasteiger partial charge in [-0.05, 0) is 50.5 Å². The van der Waals surface area contributed by atoms with Crippen LogP contribution < -0.4 is 10.2 Å². The molecule has 0 saturated heterocycles.